The molecule has 0 saturated carbocycles. The fourth-order valence-corrected chi connectivity index (χ4v) is 3.79. The van der Waals surface area contributed by atoms with Gasteiger partial charge < -0.3 is 15.6 Å². The molecule has 1 amide bonds. The van der Waals surface area contributed by atoms with Gasteiger partial charge in [-0.15, -0.1) is 11.3 Å². The van der Waals surface area contributed by atoms with Crippen molar-refractivity contribution in [1.82, 2.24) is 9.97 Å². The maximum Gasteiger partial charge on any atom is 0.268 e. The number of thiazole rings is 1. The summed E-state index contributed by atoms with van der Waals surface area (Å²) in [7, 11) is 0. The first-order valence-electron chi connectivity index (χ1n) is 7.51. The Morgan fingerprint density at radius 1 is 1.48 bits per heavy atom. The summed E-state index contributed by atoms with van der Waals surface area (Å²) in [6, 6.07) is 3.65. The van der Waals surface area contributed by atoms with E-state index in [0.717, 1.165) is 5.56 Å². The third-order valence-corrected chi connectivity index (χ3v) is 5.45. The number of primary amides is 1. The molecule has 4 atom stereocenters. The predicted octanol–water partition coefficient (Wildman–Crippen LogP) is 2.15. The average Bonchev–Trinajstić information content (AvgIpc) is 2.98. The summed E-state index contributed by atoms with van der Waals surface area (Å²) in [5.41, 5.74) is 6.48. The van der Waals surface area contributed by atoms with Gasteiger partial charge in [-0.25, -0.2) is 4.98 Å². The first-order chi connectivity index (χ1) is 11.0. The van der Waals surface area contributed by atoms with Crippen molar-refractivity contribution in [2.24, 2.45) is 11.7 Å². The van der Waals surface area contributed by atoms with Gasteiger partial charge in [0.05, 0.1) is 17.1 Å². The second kappa shape index (κ2) is 6.35. The molecular weight excluding hydrogens is 314 g/mol. The van der Waals surface area contributed by atoms with Crippen molar-refractivity contribution in [3.63, 3.8) is 0 Å². The molecule has 1 aliphatic rings. The van der Waals surface area contributed by atoms with Gasteiger partial charge in [-0.2, -0.15) is 0 Å². The van der Waals surface area contributed by atoms with E-state index in [2.05, 4.69) is 9.97 Å². The van der Waals surface area contributed by atoms with Crippen LogP contribution in [0.3, 0.4) is 0 Å². The standard InChI is InChI=1S/C16H19N3O3S/c1-8-9(2)22-12(6-11(8)20)16-19-13(15(17)21)14(23-16)10-4-3-5-18-7-10/h3-5,7-9,11-12,20H,6H2,1-2H3,(H2,17,21). The van der Waals surface area contributed by atoms with Gasteiger partial charge in [0.15, 0.2) is 0 Å². The minimum atomic E-state index is -0.580. The molecule has 0 aromatic carbocycles. The molecule has 0 spiro atoms. The molecule has 23 heavy (non-hydrogen) atoms. The molecule has 2 aromatic heterocycles. The molecule has 0 radical (unpaired) electrons. The molecule has 3 rings (SSSR count). The lowest BCUT2D eigenvalue weighted by molar-refractivity contribution is -0.125. The van der Waals surface area contributed by atoms with Crippen molar-refractivity contribution in [3.8, 4) is 10.4 Å². The molecule has 1 aliphatic heterocycles. The summed E-state index contributed by atoms with van der Waals surface area (Å²) in [4.78, 5) is 20.9. The number of hydrogen-bond acceptors (Lipinski definition) is 6. The van der Waals surface area contributed by atoms with Crippen LogP contribution in [0.15, 0.2) is 24.5 Å². The Kier molecular flexibility index (Phi) is 4.43. The number of nitrogens with zero attached hydrogens (tertiary/aromatic N) is 2. The lowest BCUT2D eigenvalue weighted by Crippen LogP contribution is -2.37. The Morgan fingerprint density at radius 2 is 2.26 bits per heavy atom. The number of pyridine rings is 1. The third-order valence-electron chi connectivity index (χ3n) is 4.26. The summed E-state index contributed by atoms with van der Waals surface area (Å²) in [5.74, 6) is -0.510. The van der Waals surface area contributed by atoms with E-state index >= 15 is 0 Å². The van der Waals surface area contributed by atoms with Crippen molar-refractivity contribution in [2.45, 2.75) is 38.6 Å². The van der Waals surface area contributed by atoms with Gasteiger partial charge in [0.2, 0.25) is 0 Å². The molecular formula is C16H19N3O3S. The van der Waals surface area contributed by atoms with Crippen LogP contribution in [0.5, 0.6) is 0 Å². The van der Waals surface area contributed by atoms with Crippen molar-refractivity contribution in [3.05, 3.63) is 35.2 Å². The second-order valence-corrected chi connectivity index (χ2v) is 6.86. The van der Waals surface area contributed by atoms with Gasteiger partial charge in [0.1, 0.15) is 16.8 Å². The summed E-state index contributed by atoms with van der Waals surface area (Å²) < 4.78 is 5.96. The summed E-state index contributed by atoms with van der Waals surface area (Å²) in [5, 5.41) is 10.8. The molecule has 7 heteroatoms. The zero-order valence-electron chi connectivity index (χ0n) is 13.0. The van der Waals surface area contributed by atoms with Gasteiger partial charge in [0.25, 0.3) is 5.91 Å². The molecule has 0 aliphatic carbocycles. The normalized spacial score (nSPS) is 27.8. The van der Waals surface area contributed by atoms with E-state index in [-0.39, 0.29) is 23.8 Å². The van der Waals surface area contributed by atoms with E-state index in [1.807, 2.05) is 19.9 Å². The Hall–Kier alpha value is -1.83. The number of aliphatic hydroxyl groups excluding tert-OH is 1. The highest BCUT2D eigenvalue weighted by Gasteiger charge is 2.35. The fourth-order valence-electron chi connectivity index (χ4n) is 2.68. The zero-order chi connectivity index (χ0) is 16.6. The smallest absolute Gasteiger partial charge is 0.268 e. The third kappa shape index (κ3) is 3.12. The van der Waals surface area contributed by atoms with Crippen LogP contribution >= 0.6 is 11.3 Å². The fraction of sp³-hybridized carbons (Fsp3) is 0.438. The van der Waals surface area contributed by atoms with Gasteiger partial charge in [-0.1, -0.05) is 13.0 Å². The number of carbonyl (C=O) groups excluding carboxylic acids is 1. The Labute approximate surface area is 138 Å². The van der Waals surface area contributed by atoms with E-state index in [9.17, 15) is 9.90 Å². The maximum atomic E-state index is 11.7. The molecule has 1 saturated heterocycles. The number of amides is 1. The quantitative estimate of drug-likeness (QED) is 0.897. The number of aliphatic hydroxyl groups is 1. The van der Waals surface area contributed by atoms with Crippen LogP contribution in [0, 0.1) is 5.92 Å². The molecule has 0 bridgehead atoms. The highest BCUT2D eigenvalue weighted by atomic mass is 32.1. The number of ether oxygens (including phenoxy) is 1. The molecule has 2 aromatic rings. The van der Waals surface area contributed by atoms with Crippen molar-refractivity contribution in [2.75, 3.05) is 0 Å². The first kappa shape index (κ1) is 16.0. The lowest BCUT2D eigenvalue weighted by Gasteiger charge is -2.35. The topological polar surface area (TPSA) is 98.3 Å². The molecule has 1 fully saturated rings. The van der Waals surface area contributed by atoms with Gasteiger partial charge in [-0.05, 0) is 13.0 Å². The van der Waals surface area contributed by atoms with E-state index in [4.69, 9.17) is 10.5 Å². The van der Waals surface area contributed by atoms with Gasteiger partial charge >= 0.3 is 0 Å². The molecule has 3 N–H and O–H groups in total. The summed E-state index contributed by atoms with van der Waals surface area (Å²) >= 11 is 1.36. The SMILES string of the molecule is CC1OC(c2nc(C(N)=O)c(-c3cccnc3)s2)CC(O)C1C. The Bertz CT molecular complexity index is 692. The van der Waals surface area contributed by atoms with Crippen LogP contribution in [0.25, 0.3) is 10.4 Å². The monoisotopic (exact) mass is 333 g/mol. The first-order valence-corrected chi connectivity index (χ1v) is 8.33. The Balaban J connectivity index is 1.97. The summed E-state index contributed by atoms with van der Waals surface area (Å²) in [6.45, 7) is 3.90. The molecule has 122 valence electrons. The van der Waals surface area contributed by atoms with E-state index in [1.54, 1.807) is 18.5 Å². The van der Waals surface area contributed by atoms with E-state index < -0.39 is 12.0 Å². The number of carbonyl (C=O) groups is 1. The molecule has 4 unspecified atom stereocenters. The van der Waals surface area contributed by atoms with E-state index in [1.165, 1.54) is 11.3 Å². The average molecular weight is 333 g/mol. The number of rotatable bonds is 3. The van der Waals surface area contributed by atoms with Crippen LogP contribution in [-0.4, -0.2) is 33.2 Å². The van der Waals surface area contributed by atoms with Crippen LogP contribution < -0.4 is 5.73 Å². The van der Waals surface area contributed by atoms with Crippen LogP contribution in [0.1, 0.15) is 41.9 Å². The highest BCUT2D eigenvalue weighted by Crippen LogP contribution is 2.39. The van der Waals surface area contributed by atoms with Crippen LogP contribution in [-0.2, 0) is 4.74 Å². The van der Waals surface area contributed by atoms with Crippen molar-refractivity contribution >= 4 is 17.2 Å². The van der Waals surface area contributed by atoms with E-state index in [0.29, 0.717) is 16.3 Å². The zero-order valence-corrected chi connectivity index (χ0v) is 13.8. The highest BCUT2D eigenvalue weighted by molar-refractivity contribution is 7.15. The molecule has 6 nitrogen and oxygen atoms in total. The predicted molar refractivity (Wildman–Crippen MR) is 86.9 cm³/mol. The Morgan fingerprint density at radius 3 is 2.87 bits per heavy atom. The minimum Gasteiger partial charge on any atom is -0.393 e. The number of hydrogen-bond donors (Lipinski definition) is 2. The summed E-state index contributed by atoms with van der Waals surface area (Å²) in [6.07, 6.45) is 2.94. The van der Waals surface area contributed by atoms with Crippen molar-refractivity contribution < 1.29 is 14.6 Å². The molecule has 3 heterocycles. The van der Waals surface area contributed by atoms with Gasteiger partial charge in [0, 0.05) is 30.3 Å². The number of aromatic nitrogens is 2. The minimum absolute atomic E-state index is 0.0691. The van der Waals surface area contributed by atoms with Crippen molar-refractivity contribution in [1.29, 1.82) is 0 Å². The van der Waals surface area contributed by atoms with Crippen LogP contribution in [0.2, 0.25) is 0 Å². The maximum absolute atomic E-state index is 11.7. The lowest BCUT2D eigenvalue weighted by atomic mass is 9.91. The largest absolute Gasteiger partial charge is 0.393 e. The second-order valence-electron chi connectivity index (χ2n) is 5.83. The van der Waals surface area contributed by atoms with Gasteiger partial charge in [-0.3, -0.25) is 9.78 Å². The van der Waals surface area contributed by atoms with Crippen LogP contribution in [0.4, 0.5) is 0 Å². The number of nitrogens with two attached hydrogens (primary N) is 1.